The number of anilines is 3. The van der Waals surface area contributed by atoms with Crippen LogP contribution in [0, 0.1) is 17.1 Å². The number of carbonyl (C=O) groups excluding carboxylic acids is 1. The molecule has 4 aromatic rings. The number of aliphatic hydroxyl groups is 2. The van der Waals surface area contributed by atoms with Gasteiger partial charge in [-0.3, -0.25) is 9.78 Å². The lowest BCUT2D eigenvalue weighted by atomic mass is 10.1. The van der Waals surface area contributed by atoms with E-state index in [2.05, 4.69) is 21.7 Å². The topological polar surface area (TPSA) is 149 Å². The number of fused-ring (bicyclic) bond motifs is 1. The van der Waals surface area contributed by atoms with E-state index in [4.69, 9.17) is 25.8 Å². The first-order valence-electron chi connectivity index (χ1n) is 15.3. The lowest BCUT2D eigenvalue weighted by molar-refractivity contribution is -0.112. The van der Waals surface area contributed by atoms with Gasteiger partial charge >= 0.3 is 0 Å². The maximum Gasteiger partial charge on any atom is 0.248 e. The van der Waals surface area contributed by atoms with Crippen LogP contribution in [0.5, 0.6) is 11.5 Å². The Kier molecular flexibility index (Phi) is 11.4. The van der Waals surface area contributed by atoms with Crippen LogP contribution in [0.15, 0.2) is 72.9 Å². The molecule has 1 saturated heterocycles. The molecule has 4 N–H and O–H groups in total. The Morgan fingerprint density at radius 3 is 2.71 bits per heavy atom. The molecule has 5 rings (SSSR count). The first kappa shape index (κ1) is 34.6. The van der Waals surface area contributed by atoms with Gasteiger partial charge in [-0.2, -0.15) is 5.26 Å². The van der Waals surface area contributed by atoms with E-state index in [1.807, 2.05) is 0 Å². The lowest BCUT2D eigenvalue weighted by Crippen LogP contribution is -2.40. The average Bonchev–Trinajstić information content (AvgIpc) is 3.56. The Labute approximate surface area is 282 Å². The number of amides is 1. The second-order valence-corrected chi connectivity index (χ2v) is 11.6. The maximum atomic E-state index is 13.6. The molecule has 13 heteroatoms. The summed E-state index contributed by atoms with van der Waals surface area (Å²) < 4.78 is 31.0. The minimum Gasteiger partial charge on any atom is -0.487 e. The van der Waals surface area contributed by atoms with Crippen molar-refractivity contribution in [3.63, 3.8) is 0 Å². The zero-order valence-electron chi connectivity index (χ0n) is 26.3. The van der Waals surface area contributed by atoms with Crippen LogP contribution in [0.25, 0.3) is 10.9 Å². The Hall–Kier alpha value is -4.77. The number of ether oxygens (including phenoxy) is 3. The standard InChI is InChI=1S/C35H35ClFN5O6/c1-21(43)42(22(2)44)11-4-7-34(45)41-31-15-28-30(16-33(31)48-27-10-12-46-20-27)39-18-24(17-38)35(28)40-26-8-9-32(29(36)14-26)47-19-23-5-3-6-25(37)13-23/h3-9,13-16,18,21-22,27,43-44H,10-12,19-20H2,1-2H3,(H,39,40)(H,41,45)/b7-4+. The number of benzene rings is 3. The third kappa shape index (κ3) is 8.77. The zero-order chi connectivity index (χ0) is 34.2. The van der Waals surface area contributed by atoms with Gasteiger partial charge in [0.25, 0.3) is 0 Å². The molecule has 3 unspecified atom stereocenters. The number of rotatable bonds is 13. The molecule has 1 aromatic heterocycles. The predicted octanol–water partition coefficient (Wildman–Crippen LogP) is 5.86. The second-order valence-electron chi connectivity index (χ2n) is 11.2. The molecule has 1 aliphatic heterocycles. The number of nitrogens with one attached hydrogen (secondary N) is 2. The van der Waals surface area contributed by atoms with Gasteiger partial charge in [-0.1, -0.05) is 29.8 Å². The van der Waals surface area contributed by atoms with Gasteiger partial charge in [0, 0.05) is 42.4 Å². The molecule has 48 heavy (non-hydrogen) atoms. The van der Waals surface area contributed by atoms with Gasteiger partial charge < -0.3 is 35.1 Å². The second kappa shape index (κ2) is 15.9. The van der Waals surface area contributed by atoms with E-state index in [0.717, 1.165) is 0 Å². The van der Waals surface area contributed by atoms with Crippen LogP contribution in [0.1, 0.15) is 31.4 Å². The van der Waals surface area contributed by atoms with Crippen LogP contribution in [0.4, 0.5) is 21.5 Å². The van der Waals surface area contributed by atoms with E-state index >= 15 is 0 Å². The molecule has 250 valence electrons. The van der Waals surface area contributed by atoms with E-state index in [1.54, 1.807) is 42.5 Å². The Bertz CT molecular complexity index is 1830. The van der Waals surface area contributed by atoms with Gasteiger partial charge in [-0.05, 0) is 55.8 Å². The van der Waals surface area contributed by atoms with Crippen molar-refractivity contribution in [2.24, 2.45) is 0 Å². The highest BCUT2D eigenvalue weighted by molar-refractivity contribution is 6.32. The molecule has 1 fully saturated rings. The molecular formula is C35H35ClFN5O6. The van der Waals surface area contributed by atoms with Gasteiger partial charge in [0.05, 0.1) is 40.7 Å². The first-order valence-corrected chi connectivity index (χ1v) is 15.6. The van der Waals surface area contributed by atoms with Crippen molar-refractivity contribution in [2.75, 3.05) is 30.4 Å². The monoisotopic (exact) mass is 675 g/mol. The van der Waals surface area contributed by atoms with Crippen molar-refractivity contribution in [1.82, 2.24) is 9.88 Å². The molecular weight excluding hydrogens is 641 g/mol. The van der Waals surface area contributed by atoms with E-state index in [0.29, 0.717) is 69.7 Å². The predicted molar refractivity (Wildman–Crippen MR) is 180 cm³/mol. The van der Waals surface area contributed by atoms with E-state index < -0.39 is 18.4 Å². The number of pyridine rings is 1. The fraction of sp³-hybridized carbons (Fsp3) is 0.286. The summed E-state index contributed by atoms with van der Waals surface area (Å²) in [5.41, 5.74) is 2.73. The smallest absolute Gasteiger partial charge is 0.248 e. The van der Waals surface area contributed by atoms with Crippen LogP contribution >= 0.6 is 11.6 Å². The minimum absolute atomic E-state index is 0.123. The van der Waals surface area contributed by atoms with Crippen LogP contribution in [-0.4, -0.2) is 64.3 Å². The van der Waals surface area contributed by atoms with Crippen molar-refractivity contribution in [2.45, 2.75) is 45.4 Å². The molecule has 3 atom stereocenters. The fourth-order valence-corrected chi connectivity index (χ4v) is 5.36. The summed E-state index contributed by atoms with van der Waals surface area (Å²) >= 11 is 6.54. The number of nitriles is 1. The average molecular weight is 676 g/mol. The van der Waals surface area contributed by atoms with Crippen LogP contribution in [0.3, 0.4) is 0 Å². The number of carbonyl (C=O) groups is 1. The molecule has 1 aliphatic rings. The van der Waals surface area contributed by atoms with Crippen molar-refractivity contribution < 1.29 is 33.6 Å². The van der Waals surface area contributed by atoms with Crippen molar-refractivity contribution >= 4 is 45.5 Å². The number of aromatic nitrogens is 1. The summed E-state index contributed by atoms with van der Waals surface area (Å²) in [6.07, 6.45) is 2.89. The Balaban J connectivity index is 1.43. The molecule has 0 bridgehead atoms. The van der Waals surface area contributed by atoms with E-state index in [1.165, 1.54) is 49.2 Å². The molecule has 0 spiro atoms. The first-order chi connectivity index (χ1) is 23.1. The summed E-state index contributed by atoms with van der Waals surface area (Å²) in [6.45, 7) is 4.25. The third-order valence-corrected chi connectivity index (χ3v) is 7.85. The molecule has 0 saturated carbocycles. The number of halogens is 2. The van der Waals surface area contributed by atoms with Gasteiger partial charge in [-0.25, -0.2) is 9.29 Å². The van der Waals surface area contributed by atoms with Gasteiger partial charge in [0.2, 0.25) is 5.91 Å². The maximum absolute atomic E-state index is 13.6. The largest absolute Gasteiger partial charge is 0.487 e. The van der Waals surface area contributed by atoms with Crippen LogP contribution < -0.4 is 20.1 Å². The third-order valence-electron chi connectivity index (χ3n) is 7.56. The molecule has 3 aromatic carbocycles. The highest BCUT2D eigenvalue weighted by Gasteiger charge is 2.22. The summed E-state index contributed by atoms with van der Waals surface area (Å²) in [5.74, 6) is -0.0630. The molecule has 2 heterocycles. The Morgan fingerprint density at radius 2 is 2.02 bits per heavy atom. The SMILES string of the molecule is CC(O)N(C/C=C/C(=O)Nc1cc2c(Nc3ccc(OCc4cccc(F)c4)c(Cl)c3)c(C#N)cnc2cc1OC1CCOC1)C(C)O. The summed E-state index contributed by atoms with van der Waals surface area (Å²) in [5, 5.41) is 36.7. The van der Waals surface area contributed by atoms with Crippen molar-refractivity contribution in [3.8, 4) is 17.6 Å². The van der Waals surface area contributed by atoms with E-state index in [-0.39, 0.29) is 30.6 Å². The van der Waals surface area contributed by atoms with Gasteiger partial charge in [-0.15, -0.1) is 0 Å². The van der Waals surface area contributed by atoms with Gasteiger partial charge in [0.15, 0.2) is 0 Å². The summed E-state index contributed by atoms with van der Waals surface area (Å²) in [7, 11) is 0. The highest BCUT2D eigenvalue weighted by Crippen LogP contribution is 2.38. The van der Waals surface area contributed by atoms with Crippen LogP contribution in [-0.2, 0) is 16.1 Å². The summed E-state index contributed by atoms with van der Waals surface area (Å²) in [4.78, 5) is 18.9. The lowest BCUT2D eigenvalue weighted by Gasteiger charge is -2.26. The van der Waals surface area contributed by atoms with Gasteiger partial charge in [0.1, 0.15) is 48.6 Å². The normalized spacial score (nSPS) is 15.8. The highest BCUT2D eigenvalue weighted by atomic mass is 35.5. The Morgan fingerprint density at radius 1 is 1.21 bits per heavy atom. The summed E-state index contributed by atoms with van der Waals surface area (Å²) in [6, 6.07) is 16.7. The number of hydrogen-bond acceptors (Lipinski definition) is 10. The number of hydrogen-bond donors (Lipinski definition) is 4. The zero-order valence-corrected chi connectivity index (χ0v) is 27.1. The fourth-order valence-electron chi connectivity index (χ4n) is 5.12. The van der Waals surface area contributed by atoms with Crippen molar-refractivity contribution in [3.05, 3.63) is 94.9 Å². The minimum atomic E-state index is -0.918. The van der Waals surface area contributed by atoms with E-state index in [9.17, 15) is 24.7 Å². The van der Waals surface area contributed by atoms with Crippen molar-refractivity contribution in [1.29, 1.82) is 5.26 Å². The molecule has 0 aliphatic carbocycles. The quantitative estimate of drug-likeness (QED) is 0.100. The molecule has 0 radical (unpaired) electrons. The molecule has 11 nitrogen and oxygen atoms in total. The molecule has 1 amide bonds. The number of nitrogens with zero attached hydrogens (tertiary/aromatic N) is 3. The number of aliphatic hydroxyl groups excluding tert-OH is 2. The van der Waals surface area contributed by atoms with Crippen LogP contribution in [0.2, 0.25) is 5.02 Å².